The number of carbonyl (C=O) groups is 2. The molecule has 27 heavy (non-hydrogen) atoms. The van der Waals surface area contributed by atoms with Gasteiger partial charge in [0.2, 0.25) is 0 Å². The quantitative estimate of drug-likeness (QED) is 0.617. The Morgan fingerprint density at radius 2 is 1.81 bits per heavy atom. The Kier molecular flexibility index (Phi) is 4.11. The fourth-order valence-electron chi connectivity index (χ4n) is 3.92. The highest BCUT2D eigenvalue weighted by molar-refractivity contribution is 6.30. The van der Waals surface area contributed by atoms with Crippen LogP contribution in [0.15, 0.2) is 42.5 Å². The van der Waals surface area contributed by atoms with Crippen molar-refractivity contribution in [3.8, 4) is 5.75 Å². The standard InChI is InChI=1S/C22H20ClNO3/c1-22(2)11-18-20(19(25)12-22)16-10-15(27-3)8-9-17(16)24(18)21(26)13-4-6-14(23)7-5-13/h4-10H,11-12H2,1-3H3. The van der Waals surface area contributed by atoms with Gasteiger partial charge < -0.3 is 4.74 Å². The van der Waals surface area contributed by atoms with Gasteiger partial charge in [-0.25, -0.2) is 0 Å². The van der Waals surface area contributed by atoms with E-state index in [-0.39, 0.29) is 17.1 Å². The summed E-state index contributed by atoms with van der Waals surface area (Å²) in [6.07, 6.45) is 1.12. The number of ether oxygens (including phenoxy) is 1. The second kappa shape index (κ2) is 6.24. The number of carbonyl (C=O) groups excluding carboxylic acids is 2. The van der Waals surface area contributed by atoms with Crippen LogP contribution in [0.4, 0.5) is 0 Å². The van der Waals surface area contributed by atoms with Crippen molar-refractivity contribution in [3.63, 3.8) is 0 Å². The van der Waals surface area contributed by atoms with Crippen molar-refractivity contribution in [1.29, 1.82) is 0 Å². The molecule has 0 atom stereocenters. The molecule has 0 saturated carbocycles. The van der Waals surface area contributed by atoms with Crippen molar-refractivity contribution in [2.24, 2.45) is 5.41 Å². The zero-order valence-corrected chi connectivity index (χ0v) is 16.3. The first kappa shape index (κ1) is 17.8. The van der Waals surface area contributed by atoms with Gasteiger partial charge in [0.25, 0.3) is 5.91 Å². The highest BCUT2D eigenvalue weighted by Crippen LogP contribution is 2.41. The first-order valence-electron chi connectivity index (χ1n) is 8.85. The number of aromatic nitrogens is 1. The van der Waals surface area contributed by atoms with E-state index in [9.17, 15) is 9.59 Å². The molecular formula is C22H20ClNO3. The molecule has 0 unspecified atom stereocenters. The first-order valence-corrected chi connectivity index (χ1v) is 9.23. The molecule has 1 aliphatic rings. The van der Waals surface area contributed by atoms with Crippen molar-refractivity contribution in [1.82, 2.24) is 4.57 Å². The van der Waals surface area contributed by atoms with Gasteiger partial charge in [0, 0.05) is 33.7 Å². The molecule has 0 amide bonds. The summed E-state index contributed by atoms with van der Waals surface area (Å²) < 4.78 is 7.02. The molecule has 0 fully saturated rings. The Morgan fingerprint density at radius 1 is 1.11 bits per heavy atom. The van der Waals surface area contributed by atoms with Gasteiger partial charge in [-0.05, 0) is 54.3 Å². The maximum Gasteiger partial charge on any atom is 0.262 e. The predicted octanol–water partition coefficient (Wildman–Crippen LogP) is 5.15. The molecule has 0 spiro atoms. The average Bonchev–Trinajstić information content (AvgIpc) is 2.93. The highest BCUT2D eigenvalue weighted by atomic mass is 35.5. The predicted molar refractivity (Wildman–Crippen MR) is 106 cm³/mol. The van der Waals surface area contributed by atoms with Crippen LogP contribution in [0.2, 0.25) is 5.02 Å². The summed E-state index contributed by atoms with van der Waals surface area (Å²) in [4.78, 5) is 26.3. The minimum absolute atomic E-state index is 0.0714. The fraction of sp³-hybridized carbons (Fsp3) is 0.273. The summed E-state index contributed by atoms with van der Waals surface area (Å²) in [5.74, 6) is 0.578. The van der Waals surface area contributed by atoms with E-state index < -0.39 is 0 Å². The van der Waals surface area contributed by atoms with Gasteiger partial charge in [0.15, 0.2) is 5.78 Å². The van der Waals surface area contributed by atoms with Gasteiger partial charge in [-0.3, -0.25) is 14.2 Å². The topological polar surface area (TPSA) is 48.3 Å². The van der Waals surface area contributed by atoms with Crippen LogP contribution in [0.1, 0.15) is 46.7 Å². The van der Waals surface area contributed by atoms with Crippen LogP contribution in [0.3, 0.4) is 0 Å². The number of Topliss-reactive ketones (excluding diaryl/α,β-unsaturated/α-hetero) is 1. The van der Waals surface area contributed by atoms with E-state index in [1.54, 1.807) is 35.9 Å². The zero-order chi connectivity index (χ0) is 19.3. The number of hydrogen-bond acceptors (Lipinski definition) is 3. The van der Waals surface area contributed by atoms with E-state index in [1.165, 1.54) is 0 Å². The molecule has 138 valence electrons. The van der Waals surface area contributed by atoms with Crippen molar-refractivity contribution >= 4 is 34.2 Å². The summed E-state index contributed by atoms with van der Waals surface area (Å²) in [6, 6.07) is 12.3. The summed E-state index contributed by atoms with van der Waals surface area (Å²) in [6.45, 7) is 4.12. The van der Waals surface area contributed by atoms with Gasteiger partial charge >= 0.3 is 0 Å². The summed E-state index contributed by atoms with van der Waals surface area (Å²) >= 11 is 5.96. The number of halogens is 1. The first-order chi connectivity index (χ1) is 12.8. The molecule has 5 heteroatoms. The third kappa shape index (κ3) is 2.94. The summed E-state index contributed by atoms with van der Waals surface area (Å²) in [5.41, 5.74) is 2.49. The molecule has 1 aliphatic carbocycles. The number of nitrogens with zero attached hydrogens (tertiary/aromatic N) is 1. The minimum Gasteiger partial charge on any atom is -0.497 e. The van der Waals surface area contributed by atoms with Crippen molar-refractivity contribution in [2.75, 3.05) is 7.11 Å². The lowest BCUT2D eigenvalue weighted by Crippen LogP contribution is -2.29. The molecule has 0 saturated heterocycles. The molecule has 0 aliphatic heterocycles. The van der Waals surface area contributed by atoms with Crippen molar-refractivity contribution < 1.29 is 14.3 Å². The number of methoxy groups -OCH3 is 1. The fourth-order valence-corrected chi connectivity index (χ4v) is 4.05. The lowest BCUT2D eigenvalue weighted by molar-refractivity contribution is 0.0907. The van der Waals surface area contributed by atoms with Crippen molar-refractivity contribution in [3.05, 3.63) is 64.3 Å². The van der Waals surface area contributed by atoms with Gasteiger partial charge in [0.05, 0.1) is 12.6 Å². The van der Waals surface area contributed by atoms with E-state index in [1.807, 2.05) is 18.2 Å². The van der Waals surface area contributed by atoms with E-state index in [0.717, 1.165) is 16.6 Å². The molecule has 4 rings (SSSR count). The van der Waals surface area contributed by atoms with Crippen LogP contribution in [-0.2, 0) is 6.42 Å². The van der Waals surface area contributed by atoms with E-state index in [4.69, 9.17) is 16.3 Å². The molecule has 1 aromatic heterocycles. The zero-order valence-electron chi connectivity index (χ0n) is 15.5. The van der Waals surface area contributed by atoms with Crippen LogP contribution in [-0.4, -0.2) is 23.4 Å². The van der Waals surface area contributed by atoms with Gasteiger partial charge in [-0.2, -0.15) is 0 Å². The number of benzene rings is 2. The second-order valence-electron chi connectivity index (χ2n) is 7.79. The molecule has 0 bridgehead atoms. The monoisotopic (exact) mass is 381 g/mol. The molecule has 0 N–H and O–H groups in total. The van der Waals surface area contributed by atoms with Crippen LogP contribution in [0.5, 0.6) is 5.75 Å². The SMILES string of the molecule is COc1ccc2c(c1)c1c(n2C(=O)c2ccc(Cl)cc2)CC(C)(C)CC1=O. The van der Waals surface area contributed by atoms with Crippen molar-refractivity contribution in [2.45, 2.75) is 26.7 Å². The second-order valence-corrected chi connectivity index (χ2v) is 8.23. The molecule has 4 nitrogen and oxygen atoms in total. The highest BCUT2D eigenvalue weighted by Gasteiger charge is 2.37. The maximum absolute atomic E-state index is 13.4. The van der Waals surface area contributed by atoms with E-state index in [0.29, 0.717) is 34.7 Å². The molecular weight excluding hydrogens is 362 g/mol. The molecule has 0 radical (unpaired) electrons. The smallest absolute Gasteiger partial charge is 0.262 e. The van der Waals surface area contributed by atoms with Gasteiger partial charge in [-0.15, -0.1) is 0 Å². The number of rotatable bonds is 2. The van der Waals surface area contributed by atoms with Gasteiger partial charge in [0.1, 0.15) is 5.75 Å². The van der Waals surface area contributed by atoms with Crippen LogP contribution >= 0.6 is 11.6 Å². The lowest BCUT2D eigenvalue weighted by atomic mass is 9.75. The summed E-state index contributed by atoms with van der Waals surface area (Å²) in [7, 11) is 1.59. The molecule has 1 heterocycles. The number of hydrogen-bond donors (Lipinski definition) is 0. The van der Waals surface area contributed by atoms with Crippen LogP contribution in [0, 0.1) is 5.41 Å². The Hall–Kier alpha value is -2.59. The van der Waals surface area contributed by atoms with Crippen LogP contribution < -0.4 is 4.74 Å². The Bertz CT molecular complexity index is 1080. The number of fused-ring (bicyclic) bond motifs is 3. The van der Waals surface area contributed by atoms with Crippen LogP contribution in [0.25, 0.3) is 10.9 Å². The maximum atomic E-state index is 13.4. The Labute approximate surface area is 162 Å². The van der Waals surface area contributed by atoms with E-state index in [2.05, 4.69) is 13.8 Å². The third-order valence-electron chi connectivity index (χ3n) is 5.13. The largest absolute Gasteiger partial charge is 0.497 e. The normalized spacial score (nSPS) is 15.6. The van der Waals surface area contributed by atoms with Gasteiger partial charge in [-0.1, -0.05) is 25.4 Å². The Morgan fingerprint density at radius 3 is 2.48 bits per heavy atom. The Balaban J connectivity index is 2.01. The molecule has 3 aromatic rings. The van der Waals surface area contributed by atoms with E-state index >= 15 is 0 Å². The molecule has 2 aromatic carbocycles. The average molecular weight is 382 g/mol. The third-order valence-corrected chi connectivity index (χ3v) is 5.38. The summed E-state index contributed by atoms with van der Waals surface area (Å²) in [5, 5.41) is 1.35. The lowest BCUT2D eigenvalue weighted by Gasteiger charge is -2.29. The minimum atomic E-state index is -0.194. The number of ketones is 1.